The van der Waals surface area contributed by atoms with Gasteiger partial charge in [-0.05, 0) is 55.8 Å². The van der Waals surface area contributed by atoms with Crippen LogP contribution in [-0.2, 0) is 9.59 Å². The number of likely N-dealkylation sites (tertiary alicyclic amines) is 1. The maximum atomic E-state index is 13.1. The fourth-order valence-corrected chi connectivity index (χ4v) is 4.21. The lowest BCUT2D eigenvalue weighted by Crippen LogP contribution is -2.38. The molecule has 1 aliphatic rings. The molecular weight excluding hydrogens is 416 g/mol. The quantitative estimate of drug-likeness (QED) is 0.327. The van der Waals surface area contributed by atoms with Gasteiger partial charge in [-0.3, -0.25) is 9.59 Å². The van der Waals surface area contributed by atoms with E-state index in [-0.39, 0.29) is 11.3 Å². The summed E-state index contributed by atoms with van der Waals surface area (Å²) in [5, 5.41) is 11.2. The van der Waals surface area contributed by atoms with Crippen molar-refractivity contribution in [1.82, 2.24) is 9.80 Å². The molecule has 1 saturated heterocycles. The maximum Gasteiger partial charge on any atom is 0.295 e. The van der Waals surface area contributed by atoms with Gasteiger partial charge in [0.1, 0.15) is 11.5 Å². The van der Waals surface area contributed by atoms with Crippen LogP contribution in [0.3, 0.4) is 0 Å². The molecule has 2 aromatic rings. The van der Waals surface area contributed by atoms with Crippen LogP contribution in [0.15, 0.2) is 54.1 Å². The highest BCUT2D eigenvalue weighted by Crippen LogP contribution is 2.39. The predicted molar refractivity (Wildman–Crippen MR) is 130 cm³/mol. The lowest BCUT2D eigenvalue weighted by atomic mass is 9.95. The summed E-state index contributed by atoms with van der Waals surface area (Å²) in [6.07, 6.45) is 0.898. The number of aliphatic hydroxyl groups excluding tert-OH is 1. The van der Waals surface area contributed by atoms with Gasteiger partial charge in [-0.2, -0.15) is 0 Å². The first-order chi connectivity index (χ1) is 15.9. The minimum atomic E-state index is -0.648. The van der Waals surface area contributed by atoms with Crippen LogP contribution in [0.2, 0.25) is 0 Å². The second kappa shape index (κ2) is 11.1. The molecule has 3 rings (SSSR count). The third-order valence-corrected chi connectivity index (χ3v) is 6.12. The monoisotopic (exact) mass is 450 g/mol. The molecule has 0 aliphatic carbocycles. The Morgan fingerprint density at radius 3 is 2.36 bits per heavy atom. The number of likely N-dealkylation sites (N-methyl/N-ethyl adjacent to an activating group) is 1. The van der Waals surface area contributed by atoms with Gasteiger partial charge in [0, 0.05) is 18.7 Å². The van der Waals surface area contributed by atoms with Gasteiger partial charge in [0.2, 0.25) is 0 Å². The van der Waals surface area contributed by atoms with Crippen molar-refractivity contribution in [3.8, 4) is 5.75 Å². The first-order valence-electron chi connectivity index (χ1n) is 11.7. The summed E-state index contributed by atoms with van der Waals surface area (Å²) in [4.78, 5) is 30.0. The van der Waals surface area contributed by atoms with Crippen molar-refractivity contribution in [3.63, 3.8) is 0 Å². The molecule has 0 aromatic heterocycles. The van der Waals surface area contributed by atoms with Crippen molar-refractivity contribution in [1.29, 1.82) is 0 Å². The Balaban J connectivity index is 2.04. The molecule has 1 heterocycles. The Labute approximate surface area is 196 Å². The third kappa shape index (κ3) is 5.28. The molecule has 2 aromatic carbocycles. The molecule has 1 amide bonds. The summed E-state index contributed by atoms with van der Waals surface area (Å²) in [6.45, 7) is 11.5. The lowest BCUT2D eigenvalue weighted by Gasteiger charge is -2.28. The summed E-state index contributed by atoms with van der Waals surface area (Å²) in [5.41, 5.74) is 2.29. The fourth-order valence-electron chi connectivity index (χ4n) is 4.21. The van der Waals surface area contributed by atoms with Crippen molar-refractivity contribution >= 4 is 17.4 Å². The summed E-state index contributed by atoms with van der Waals surface area (Å²) in [7, 11) is 0. The third-order valence-electron chi connectivity index (χ3n) is 6.12. The topological polar surface area (TPSA) is 70.1 Å². The van der Waals surface area contributed by atoms with Gasteiger partial charge in [0.25, 0.3) is 11.7 Å². The summed E-state index contributed by atoms with van der Waals surface area (Å²) in [6, 6.07) is 14.1. The van der Waals surface area contributed by atoms with E-state index < -0.39 is 17.7 Å². The molecule has 6 heteroatoms. The molecule has 1 N–H and O–H groups in total. The Kier molecular flexibility index (Phi) is 8.28. The number of aliphatic hydroxyl groups is 1. The van der Waals surface area contributed by atoms with Crippen molar-refractivity contribution in [2.75, 3.05) is 32.8 Å². The van der Waals surface area contributed by atoms with Crippen molar-refractivity contribution in [3.05, 3.63) is 70.8 Å². The lowest BCUT2D eigenvalue weighted by molar-refractivity contribution is -0.140. The number of ketones is 1. The van der Waals surface area contributed by atoms with E-state index in [0.717, 1.165) is 36.4 Å². The van der Waals surface area contributed by atoms with Crippen LogP contribution in [0.5, 0.6) is 5.75 Å². The Bertz CT molecular complexity index is 1010. The smallest absolute Gasteiger partial charge is 0.295 e. The SMILES string of the molecule is CCCOc1ccc(/C(O)=C2/C(=O)C(=O)N(CCN(CC)CC)C2c2ccccc2)cc1C. The van der Waals surface area contributed by atoms with E-state index in [9.17, 15) is 14.7 Å². The van der Waals surface area contributed by atoms with Crippen molar-refractivity contribution < 1.29 is 19.4 Å². The number of carbonyl (C=O) groups is 2. The van der Waals surface area contributed by atoms with Crippen LogP contribution in [0.4, 0.5) is 0 Å². The number of hydrogen-bond donors (Lipinski definition) is 1. The summed E-state index contributed by atoms with van der Waals surface area (Å²) >= 11 is 0. The van der Waals surface area contributed by atoms with Gasteiger partial charge >= 0.3 is 0 Å². The zero-order valence-electron chi connectivity index (χ0n) is 20.0. The molecule has 176 valence electrons. The molecule has 0 spiro atoms. The van der Waals surface area contributed by atoms with Gasteiger partial charge < -0.3 is 19.6 Å². The molecule has 0 radical (unpaired) electrons. The van der Waals surface area contributed by atoms with Gasteiger partial charge in [-0.25, -0.2) is 0 Å². The fraction of sp³-hybridized carbons (Fsp3) is 0.407. The second-order valence-electron chi connectivity index (χ2n) is 8.26. The highest BCUT2D eigenvalue weighted by atomic mass is 16.5. The zero-order valence-corrected chi connectivity index (χ0v) is 20.0. The van der Waals surface area contributed by atoms with E-state index in [1.54, 1.807) is 23.1 Å². The molecular formula is C27H34N2O4. The number of benzene rings is 2. The van der Waals surface area contributed by atoms with E-state index in [2.05, 4.69) is 18.7 Å². The first-order valence-corrected chi connectivity index (χ1v) is 11.7. The first kappa shape index (κ1) is 24.5. The Morgan fingerprint density at radius 1 is 1.06 bits per heavy atom. The van der Waals surface area contributed by atoms with Crippen LogP contribution in [0.25, 0.3) is 5.76 Å². The van der Waals surface area contributed by atoms with Crippen LogP contribution < -0.4 is 4.74 Å². The molecule has 1 fully saturated rings. The van der Waals surface area contributed by atoms with Crippen LogP contribution in [-0.4, -0.2) is 59.4 Å². The van der Waals surface area contributed by atoms with Crippen molar-refractivity contribution in [2.45, 2.75) is 40.2 Å². The number of Topliss-reactive ketones (excluding diaryl/α,β-unsaturated/α-hetero) is 1. The van der Waals surface area contributed by atoms with E-state index >= 15 is 0 Å². The molecule has 1 aliphatic heterocycles. The Morgan fingerprint density at radius 2 is 1.76 bits per heavy atom. The van der Waals surface area contributed by atoms with Crippen molar-refractivity contribution in [2.24, 2.45) is 0 Å². The number of carbonyl (C=O) groups excluding carboxylic acids is 2. The normalized spacial score (nSPS) is 17.7. The van der Waals surface area contributed by atoms with E-state index in [1.807, 2.05) is 44.2 Å². The standard InChI is InChI=1S/C27H34N2O4/c1-5-17-33-22-14-13-21(18-19(22)4)25(30)23-24(20-11-9-8-10-12-20)29(27(32)26(23)31)16-15-28(6-2)7-3/h8-14,18,24,30H,5-7,15-17H2,1-4H3/b25-23-. The minimum Gasteiger partial charge on any atom is -0.507 e. The average Bonchev–Trinajstić information content (AvgIpc) is 3.09. The average molecular weight is 451 g/mol. The molecule has 33 heavy (non-hydrogen) atoms. The zero-order chi connectivity index (χ0) is 24.0. The number of amides is 1. The van der Waals surface area contributed by atoms with Crippen LogP contribution >= 0.6 is 0 Å². The number of ether oxygens (including phenoxy) is 1. The molecule has 0 saturated carbocycles. The maximum absolute atomic E-state index is 13.1. The van der Waals surface area contributed by atoms with E-state index in [4.69, 9.17) is 4.74 Å². The predicted octanol–water partition coefficient (Wildman–Crippen LogP) is 4.55. The number of rotatable bonds is 10. The van der Waals surface area contributed by atoms with Gasteiger partial charge in [0.05, 0.1) is 18.2 Å². The second-order valence-corrected chi connectivity index (χ2v) is 8.26. The molecule has 1 unspecified atom stereocenters. The summed E-state index contributed by atoms with van der Waals surface area (Å²) in [5.74, 6) is -0.632. The Hall–Kier alpha value is -3.12. The van der Waals surface area contributed by atoms with Gasteiger partial charge in [0.15, 0.2) is 0 Å². The van der Waals surface area contributed by atoms with Crippen LogP contribution in [0.1, 0.15) is 49.9 Å². The van der Waals surface area contributed by atoms with Crippen LogP contribution in [0, 0.1) is 6.92 Å². The van der Waals surface area contributed by atoms with E-state index in [0.29, 0.717) is 25.3 Å². The highest BCUT2D eigenvalue weighted by Gasteiger charge is 2.45. The van der Waals surface area contributed by atoms with Gasteiger partial charge in [-0.15, -0.1) is 0 Å². The number of nitrogens with zero attached hydrogens (tertiary/aromatic N) is 2. The van der Waals surface area contributed by atoms with E-state index in [1.165, 1.54) is 0 Å². The molecule has 1 atom stereocenters. The molecule has 0 bridgehead atoms. The number of hydrogen-bond acceptors (Lipinski definition) is 5. The largest absolute Gasteiger partial charge is 0.507 e. The summed E-state index contributed by atoms with van der Waals surface area (Å²) < 4.78 is 5.74. The number of aryl methyl sites for hydroxylation is 1. The minimum absolute atomic E-state index is 0.132. The molecule has 6 nitrogen and oxygen atoms in total. The van der Waals surface area contributed by atoms with Gasteiger partial charge in [-0.1, -0.05) is 51.1 Å². The highest BCUT2D eigenvalue weighted by molar-refractivity contribution is 6.46.